The third-order valence-electron chi connectivity index (χ3n) is 2.63. The lowest BCUT2D eigenvalue weighted by Crippen LogP contribution is -2.09. The zero-order valence-corrected chi connectivity index (χ0v) is 10.1. The highest BCUT2D eigenvalue weighted by Crippen LogP contribution is 2.29. The van der Waals surface area contributed by atoms with Crippen LogP contribution in [-0.4, -0.2) is 10.8 Å². The van der Waals surface area contributed by atoms with Crippen LogP contribution < -0.4 is 0 Å². The Morgan fingerprint density at radius 2 is 1.90 bits per heavy atom. The molecule has 0 saturated heterocycles. The van der Waals surface area contributed by atoms with Gasteiger partial charge in [0.1, 0.15) is 11.5 Å². The minimum absolute atomic E-state index is 0.0174. The van der Waals surface area contributed by atoms with Crippen molar-refractivity contribution in [2.45, 2.75) is 12.6 Å². The van der Waals surface area contributed by atoms with Crippen LogP contribution in [0.25, 0.3) is 0 Å². The minimum atomic E-state index is -4.45. The van der Waals surface area contributed by atoms with E-state index < -0.39 is 23.3 Å². The van der Waals surface area contributed by atoms with Crippen molar-refractivity contribution >= 4 is 5.78 Å². The Balaban J connectivity index is 2.18. The van der Waals surface area contributed by atoms with Crippen LogP contribution in [0.2, 0.25) is 0 Å². The monoisotopic (exact) mass is 283 g/mol. The summed E-state index contributed by atoms with van der Waals surface area (Å²) in [5.74, 6) is -1.05. The smallest absolute Gasteiger partial charge is 0.292 e. The molecule has 0 N–H and O–H groups in total. The van der Waals surface area contributed by atoms with Crippen LogP contribution in [0.4, 0.5) is 17.6 Å². The average Bonchev–Trinajstić information content (AvgIpc) is 2.38. The molecule has 0 bridgehead atoms. The molecule has 2 nitrogen and oxygen atoms in total. The molecule has 0 aliphatic carbocycles. The molecule has 0 atom stereocenters. The SMILES string of the molecule is O=C(Cc1cccc(C(F)(F)F)c1)c1ccc(F)cn1. The summed E-state index contributed by atoms with van der Waals surface area (Å²) in [5, 5.41) is 0. The Bertz CT molecular complexity index is 620. The number of pyridine rings is 1. The molecule has 20 heavy (non-hydrogen) atoms. The van der Waals surface area contributed by atoms with Gasteiger partial charge in [-0.3, -0.25) is 9.78 Å². The van der Waals surface area contributed by atoms with Gasteiger partial charge in [-0.15, -0.1) is 0 Å². The fourth-order valence-corrected chi connectivity index (χ4v) is 1.67. The molecule has 1 aromatic carbocycles. The molecule has 0 spiro atoms. The molecule has 0 amide bonds. The van der Waals surface area contributed by atoms with Gasteiger partial charge in [0.2, 0.25) is 0 Å². The van der Waals surface area contributed by atoms with Gasteiger partial charge in [-0.2, -0.15) is 13.2 Å². The number of aromatic nitrogens is 1. The van der Waals surface area contributed by atoms with Gasteiger partial charge in [0, 0.05) is 6.42 Å². The van der Waals surface area contributed by atoms with Gasteiger partial charge in [0.25, 0.3) is 0 Å². The van der Waals surface area contributed by atoms with Crippen LogP contribution in [0.5, 0.6) is 0 Å². The molecular formula is C14H9F4NO. The largest absolute Gasteiger partial charge is 0.416 e. The first-order valence-corrected chi connectivity index (χ1v) is 5.67. The molecule has 104 valence electrons. The molecule has 6 heteroatoms. The molecule has 0 saturated carbocycles. The summed E-state index contributed by atoms with van der Waals surface area (Å²) < 4.78 is 50.3. The number of carbonyl (C=O) groups excluding carboxylic acids is 1. The number of nitrogens with zero attached hydrogens (tertiary/aromatic N) is 1. The minimum Gasteiger partial charge on any atom is -0.292 e. The molecule has 0 fully saturated rings. The Labute approximate surface area is 112 Å². The van der Waals surface area contributed by atoms with E-state index in [1.807, 2.05) is 0 Å². The predicted molar refractivity (Wildman–Crippen MR) is 63.7 cm³/mol. The summed E-state index contributed by atoms with van der Waals surface area (Å²) in [6.45, 7) is 0. The predicted octanol–water partition coefficient (Wildman–Crippen LogP) is 3.66. The van der Waals surface area contributed by atoms with Crippen LogP contribution in [0.15, 0.2) is 42.6 Å². The van der Waals surface area contributed by atoms with Crippen molar-refractivity contribution in [2.75, 3.05) is 0 Å². The molecular weight excluding hydrogens is 274 g/mol. The number of Topliss-reactive ketones (excluding diaryl/α,β-unsaturated/α-hetero) is 1. The lowest BCUT2D eigenvalue weighted by Gasteiger charge is -2.08. The number of benzene rings is 1. The van der Waals surface area contributed by atoms with Gasteiger partial charge >= 0.3 is 6.18 Å². The fourth-order valence-electron chi connectivity index (χ4n) is 1.67. The van der Waals surface area contributed by atoms with E-state index in [4.69, 9.17) is 0 Å². The van der Waals surface area contributed by atoms with E-state index in [1.54, 1.807) is 0 Å². The van der Waals surface area contributed by atoms with Crippen molar-refractivity contribution in [3.8, 4) is 0 Å². The molecule has 2 rings (SSSR count). The van der Waals surface area contributed by atoms with Crippen LogP contribution in [0.3, 0.4) is 0 Å². The van der Waals surface area contributed by atoms with Crippen molar-refractivity contribution in [3.63, 3.8) is 0 Å². The Kier molecular flexibility index (Phi) is 3.83. The molecule has 1 aromatic heterocycles. The highest BCUT2D eigenvalue weighted by Gasteiger charge is 2.30. The van der Waals surface area contributed by atoms with Crippen molar-refractivity contribution in [2.24, 2.45) is 0 Å². The van der Waals surface area contributed by atoms with E-state index in [2.05, 4.69) is 4.98 Å². The van der Waals surface area contributed by atoms with Gasteiger partial charge in [-0.1, -0.05) is 18.2 Å². The molecule has 0 unspecified atom stereocenters. The fraction of sp³-hybridized carbons (Fsp3) is 0.143. The second-order valence-corrected chi connectivity index (χ2v) is 4.16. The molecule has 2 aromatic rings. The van der Waals surface area contributed by atoms with Gasteiger partial charge in [-0.25, -0.2) is 4.39 Å². The van der Waals surface area contributed by atoms with E-state index in [0.717, 1.165) is 24.4 Å². The van der Waals surface area contributed by atoms with E-state index in [0.29, 0.717) is 0 Å². The maximum atomic E-state index is 12.7. The number of hydrogen-bond acceptors (Lipinski definition) is 2. The van der Waals surface area contributed by atoms with Gasteiger partial charge in [0.05, 0.1) is 11.8 Å². The van der Waals surface area contributed by atoms with Crippen molar-refractivity contribution < 1.29 is 22.4 Å². The first-order valence-electron chi connectivity index (χ1n) is 5.67. The normalized spacial score (nSPS) is 11.4. The number of hydrogen-bond donors (Lipinski definition) is 0. The number of rotatable bonds is 3. The lowest BCUT2D eigenvalue weighted by molar-refractivity contribution is -0.137. The van der Waals surface area contributed by atoms with Gasteiger partial charge < -0.3 is 0 Å². The summed E-state index contributed by atoms with van der Waals surface area (Å²) >= 11 is 0. The summed E-state index contributed by atoms with van der Waals surface area (Å²) in [7, 11) is 0. The molecule has 0 radical (unpaired) electrons. The molecule has 0 aliphatic heterocycles. The van der Waals surface area contributed by atoms with Gasteiger partial charge in [-0.05, 0) is 23.8 Å². The van der Waals surface area contributed by atoms with Gasteiger partial charge in [0.15, 0.2) is 5.78 Å². The van der Waals surface area contributed by atoms with Crippen LogP contribution >= 0.6 is 0 Å². The standard InChI is InChI=1S/C14H9F4NO/c15-11-4-5-12(19-8-11)13(20)7-9-2-1-3-10(6-9)14(16,17)18/h1-6,8H,7H2. The van der Waals surface area contributed by atoms with Crippen molar-refractivity contribution in [1.29, 1.82) is 0 Å². The third-order valence-corrected chi connectivity index (χ3v) is 2.63. The van der Waals surface area contributed by atoms with Crippen LogP contribution in [0, 0.1) is 5.82 Å². The number of halogens is 4. The summed E-state index contributed by atoms with van der Waals surface area (Å²) in [4.78, 5) is 15.4. The maximum absolute atomic E-state index is 12.7. The summed E-state index contributed by atoms with van der Waals surface area (Å²) in [6.07, 6.45) is -3.78. The number of alkyl halides is 3. The Morgan fingerprint density at radius 3 is 2.50 bits per heavy atom. The van der Waals surface area contributed by atoms with E-state index in [1.165, 1.54) is 18.2 Å². The number of carbonyl (C=O) groups is 1. The topological polar surface area (TPSA) is 30.0 Å². The maximum Gasteiger partial charge on any atom is 0.416 e. The Morgan fingerprint density at radius 1 is 1.15 bits per heavy atom. The molecule has 0 aliphatic rings. The summed E-state index contributed by atoms with van der Waals surface area (Å²) in [6, 6.07) is 6.80. The van der Waals surface area contributed by atoms with Crippen molar-refractivity contribution in [1.82, 2.24) is 4.98 Å². The highest BCUT2D eigenvalue weighted by molar-refractivity contribution is 5.95. The van der Waals surface area contributed by atoms with E-state index in [-0.39, 0.29) is 17.7 Å². The number of ketones is 1. The average molecular weight is 283 g/mol. The molecule has 1 heterocycles. The first-order chi connectivity index (χ1) is 9.36. The zero-order valence-electron chi connectivity index (χ0n) is 10.1. The second kappa shape index (κ2) is 5.40. The summed E-state index contributed by atoms with van der Waals surface area (Å²) in [5.41, 5.74) is -0.561. The quantitative estimate of drug-likeness (QED) is 0.635. The lowest BCUT2D eigenvalue weighted by atomic mass is 10.0. The van der Waals surface area contributed by atoms with E-state index in [9.17, 15) is 22.4 Å². The van der Waals surface area contributed by atoms with Crippen LogP contribution in [0.1, 0.15) is 21.6 Å². The highest BCUT2D eigenvalue weighted by atomic mass is 19.4. The van der Waals surface area contributed by atoms with Crippen LogP contribution in [-0.2, 0) is 12.6 Å². The van der Waals surface area contributed by atoms with E-state index >= 15 is 0 Å². The van der Waals surface area contributed by atoms with Crippen molar-refractivity contribution in [3.05, 3.63) is 65.2 Å². The Hall–Kier alpha value is -2.24. The third kappa shape index (κ3) is 3.40. The second-order valence-electron chi connectivity index (χ2n) is 4.16. The zero-order chi connectivity index (χ0) is 14.8. The first kappa shape index (κ1) is 14.2.